The lowest BCUT2D eigenvalue weighted by Crippen LogP contribution is -2.24. The lowest BCUT2D eigenvalue weighted by Gasteiger charge is -2.08. The molecule has 3 heterocycles. The number of carbonyl (C=O) groups excluding carboxylic acids is 1. The predicted octanol–water partition coefficient (Wildman–Crippen LogP) is 2.67. The topological polar surface area (TPSA) is 72.7 Å². The van der Waals surface area contributed by atoms with Gasteiger partial charge in [0.25, 0.3) is 5.91 Å². The molecule has 6 nitrogen and oxygen atoms in total. The van der Waals surface area contributed by atoms with Gasteiger partial charge in [-0.15, -0.1) is 11.3 Å². The zero-order chi connectivity index (χ0) is 15.6. The van der Waals surface area contributed by atoms with Crippen molar-refractivity contribution in [3.8, 4) is 10.7 Å². The minimum absolute atomic E-state index is 0.175. The third-order valence-corrected chi connectivity index (χ3v) is 4.64. The van der Waals surface area contributed by atoms with Crippen molar-refractivity contribution < 1.29 is 4.79 Å². The standard InChI is InChI=1S/C16H15N5OS/c22-16(20-9-13-8-17-10-21(13)12-3-4-12)11-6-18-15(19-7-11)14-2-1-5-23-14/h1-2,5-8,10,12H,3-4,9H2,(H,20,22). The Morgan fingerprint density at radius 1 is 1.30 bits per heavy atom. The SMILES string of the molecule is O=C(NCc1cncn1C1CC1)c1cnc(-c2cccs2)nc1. The molecule has 1 saturated carbocycles. The van der Waals surface area contributed by atoms with Crippen molar-refractivity contribution in [1.82, 2.24) is 24.8 Å². The smallest absolute Gasteiger partial charge is 0.254 e. The van der Waals surface area contributed by atoms with E-state index in [0.717, 1.165) is 10.6 Å². The van der Waals surface area contributed by atoms with Gasteiger partial charge in [0, 0.05) is 24.6 Å². The van der Waals surface area contributed by atoms with Crippen LogP contribution in [0.25, 0.3) is 10.7 Å². The van der Waals surface area contributed by atoms with Crippen LogP contribution in [-0.2, 0) is 6.54 Å². The normalized spacial score (nSPS) is 13.9. The van der Waals surface area contributed by atoms with Gasteiger partial charge in [-0.05, 0) is 24.3 Å². The highest BCUT2D eigenvalue weighted by Crippen LogP contribution is 2.35. The first-order chi connectivity index (χ1) is 11.3. The van der Waals surface area contributed by atoms with Gasteiger partial charge < -0.3 is 9.88 Å². The molecular formula is C16H15N5OS. The van der Waals surface area contributed by atoms with Gasteiger partial charge in [0.2, 0.25) is 0 Å². The number of rotatable bonds is 5. The van der Waals surface area contributed by atoms with Crippen molar-refractivity contribution in [2.75, 3.05) is 0 Å². The minimum Gasteiger partial charge on any atom is -0.346 e. The highest BCUT2D eigenvalue weighted by atomic mass is 32.1. The van der Waals surface area contributed by atoms with Gasteiger partial charge in [-0.25, -0.2) is 15.0 Å². The summed E-state index contributed by atoms with van der Waals surface area (Å²) in [7, 11) is 0. The number of aromatic nitrogens is 4. The van der Waals surface area contributed by atoms with Crippen LogP contribution in [0.4, 0.5) is 0 Å². The molecule has 0 radical (unpaired) electrons. The van der Waals surface area contributed by atoms with E-state index in [1.807, 2.05) is 23.8 Å². The first-order valence-corrected chi connectivity index (χ1v) is 8.34. The van der Waals surface area contributed by atoms with E-state index < -0.39 is 0 Å². The molecule has 23 heavy (non-hydrogen) atoms. The summed E-state index contributed by atoms with van der Waals surface area (Å²) in [6.45, 7) is 0.460. The minimum atomic E-state index is -0.175. The summed E-state index contributed by atoms with van der Waals surface area (Å²) in [4.78, 5) is 25.9. The predicted molar refractivity (Wildman–Crippen MR) is 87.0 cm³/mol. The van der Waals surface area contributed by atoms with Crippen molar-refractivity contribution in [2.24, 2.45) is 0 Å². The molecule has 0 spiro atoms. The van der Waals surface area contributed by atoms with Gasteiger partial charge in [-0.2, -0.15) is 0 Å². The van der Waals surface area contributed by atoms with E-state index in [-0.39, 0.29) is 5.91 Å². The van der Waals surface area contributed by atoms with Crippen LogP contribution in [0.5, 0.6) is 0 Å². The van der Waals surface area contributed by atoms with Crippen LogP contribution in [0.2, 0.25) is 0 Å². The molecule has 1 aliphatic rings. The highest BCUT2D eigenvalue weighted by molar-refractivity contribution is 7.13. The Balaban J connectivity index is 1.41. The molecule has 3 aromatic rings. The second-order valence-electron chi connectivity index (χ2n) is 5.48. The molecular weight excluding hydrogens is 310 g/mol. The maximum atomic E-state index is 12.2. The Bertz CT molecular complexity index is 805. The van der Waals surface area contributed by atoms with Crippen molar-refractivity contribution in [1.29, 1.82) is 0 Å². The van der Waals surface area contributed by atoms with Gasteiger partial charge in [0.15, 0.2) is 5.82 Å². The summed E-state index contributed by atoms with van der Waals surface area (Å²) < 4.78 is 2.14. The maximum Gasteiger partial charge on any atom is 0.254 e. The van der Waals surface area contributed by atoms with E-state index >= 15 is 0 Å². The molecule has 3 aromatic heterocycles. The summed E-state index contributed by atoms with van der Waals surface area (Å²) in [5.41, 5.74) is 1.49. The van der Waals surface area contributed by atoms with Crippen LogP contribution in [0.15, 0.2) is 42.4 Å². The molecule has 1 N–H and O–H groups in total. The number of hydrogen-bond acceptors (Lipinski definition) is 5. The number of carbonyl (C=O) groups is 1. The lowest BCUT2D eigenvalue weighted by atomic mass is 10.3. The van der Waals surface area contributed by atoms with Gasteiger partial charge in [0.05, 0.1) is 29.0 Å². The monoisotopic (exact) mass is 325 g/mol. The second-order valence-corrected chi connectivity index (χ2v) is 6.43. The van der Waals surface area contributed by atoms with Crippen molar-refractivity contribution in [2.45, 2.75) is 25.4 Å². The van der Waals surface area contributed by atoms with Crippen LogP contribution in [0, 0.1) is 0 Å². The first kappa shape index (κ1) is 14.1. The Hall–Kier alpha value is -2.54. The van der Waals surface area contributed by atoms with Gasteiger partial charge >= 0.3 is 0 Å². The fourth-order valence-electron chi connectivity index (χ4n) is 2.40. The van der Waals surface area contributed by atoms with E-state index in [2.05, 4.69) is 24.8 Å². The zero-order valence-electron chi connectivity index (χ0n) is 12.3. The van der Waals surface area contributed by atoms with Gasteiger partial charge in [0.1, 0.15) is 0 Å². The van der Waals surface area contributed by atoms with Crippen LogP contribution in [0.1, 0.15) is 34.9 Å². The summed E-state index contributed by atoms with van der Waals surface area (Å²) in [5, 5.41) is 4.88. The summed E-state index contributed by atoms with van der Waals surface area (Å²) in [5.74, 6) is 0.467. The van der Waals surface area contributed by atoms with E-state index in [0.29, 0.717) is 24.0 Å². The largest absolute Gasteiger partial charge is 0.346 e. The lowest BCUT2D eigenvalue weighted by molar-refractivity contribution is 0.0949. The Morgan fingerprint density at radius 3 is 2.83 bits per heavy atom. The van der Waals surface area contributed by atoms with Gasteiger partial charge in [-0.1, -0.05) is 6.07 Å². The molecule has 116 valence electrons. The number of nitrogens with zero attached hydrogens (tertiary/aromatic N) is 4. The van der Waals surface area contributed by atoms with Crippen LogP contribution >= 0.6 is 11.3 Å². The first-order valence-electron chi connectivity index (χ1n) is 7.46. The van der Waals surface area contributed by atoms with E-state index in [4.69, 9.17) is 0 Å². The molecule has 0 aliphatic heterocycles. The highest BCUT2D eigenvalue weighted by Gasteiger charge is 2.25. The zero-order valence-corrected chi connectivity index (χ0v) is 13.2. The number of nitrogens with one attached hydrogen (secondary N) is 1. The van der Waals surface area contributed by atoms with E-state index in [1.165, 1.54) is 12.8 Å². The summed E-state index contributed by atoms with van der Waals surface area (Å²) in [6.07, 6.45) is 9.14. The summed E-state index contributed by atoms with van der Waals surface area (Å²) in [6, 6.07) is 4.46. The number of thiophene rings is 1. The van der Waals surface area contributed by atoms with E-state index in [9.17, 15) is 4.79 Å². The quantitative estimate of drug-likeness (QED) is 0.783. The Kier molecular flexibility index (Phi) is 3.63. The molecule has 1 fully saturated rings. The molecule has 0 unspecified atom stereocenters. The molecule has 0 bridgehead atoms. The van der Waals surface area contributed by atoms with Crippen LogP contribution in [-0.4, -0.2) is 25.4 Å². The fraction of sp³-hybridized carbons (Fsp3) is 0.250. The average molecular weight is 325 g/mol. The van der Waals surface area contributed by atoms with Crippen molar-refractivity contribution >= 4 is 17.2 Å². The Labute approximate surface area is 137 Å². The molecule has 4 rings (SSSR count). The van der Waals surface area contributed by atoms with Crippen molar-refractivity contribution in [3.05, 3.63) is 53.7 Å². The summed E-state index contributed by atoms with van der Waals surface area (Å²) >= 11 is 1.57. The molecule has 1 amide bonds. The molecule has 0 saturated heterocycles. The van der Waals surface area contributed by atoms with E-state index in [1.54, 1.807) is 29.9 Å². The fourth-order valence-corrected chi connectivity index (χ4v) is 3.07. The second kappa shape index (κ2) is 5.92. The Morgan fingerprint density at radius 2 is 2.13 bits per heavy atom. The number of imidazole rings is 1. The molecule has 1 aliphatic carbocycles. The van der Waals surface area contributed by atoms with Gasteiger partial charge in [-0.3, -0.25) is 4.79 Å². The third kappa shape index (κ3) is 3.00. The average Bonchev–Trinajstić information content (AvgIpc) is 3.10. The molecule has 7 heteroatoms. The molecule has 0 atom stereocenters. The maximum absolute atomic E-state index is 12.2. The third-order valence-electron chi connectivity index (χ3n) is 3.77. The van der Waals surface area contributed by atoms with Crippen molar-refractivity contribution in [3.63, 3.8) is 0 Å². The number of amides is 1. The molecule has 0 aromatic carbocycles. The van der Waals surface area contributed by atoms with Crippen LogP contribution in [0.3, 0.4) is 0 Å². The van der Waals surface area contributed by atoms with Crippen LogP contribution < -0.4 is 5.32 Å². The number of hydrogen-bond donors (Lipinski definition) is 1.